The van der Waals surface area contributed by atoms with Crippen LogP contribution in [-0.2, 0) is 0 Å². The second-order valence-corrected chi connectivity index (χ2v) is 2.68. The minimum atomic E-state index is -0.338. The van der Waals surface area contributed by atoms with Gasteiger partial charge in [0, 0.05) is 11.8 Å². The van der Waals surface area contributed by atoms with Gasteiger partial charge in [-0.25, -0.2) is 0 Å². The smallest absolute Gasteiger partial charge is 0.0675 e. The van der Waals surface area contributed by atoms with Gasteiger partial charge in [0.25, 0.3) is 0 Å². The summed E-state index contributed by atoms with van der Waals surface area (Å²) in [6, 6.07) is 0. The highest BCUT2D eigenvalue weighted by molar-refractivity contribution is 6.18. The summed E-state index contributed by atoms with van der Waals surface area (Å²) in [7, 11) is 0. The number of alkyl halides is 2. The summed E-state index contributed by atoms with van der Waals surface area (Å²) in [4.78, 5) is 0. The first-order valence-corrected chi connectivity index (χ1v) is 4.18. The highest BCUT2D eigenvalue weighted by atomic mass is 35.5. The largest absolute Gasteiger partial charge is 0.392 e. The van der Waals surface area contributed by atoms with E-state index >= 15 is 0 Å². The van der Waals surface area contributed by atoms with Crippen LogP contribution in [0.5, 0.6) is 0 Å². The van der Waals surface area contributed by atoms with E-state index in [9.17, 15) is 0 Å². The Bertz CT molecular complexity index is 59.0. The normalized spacial score (nSPS) is 13.7. The minimum Gasteiger partial charge on any atom is -0.392 e. The lowest BCUT2D eigenvalue weighted by molar-refractivity contribution is 0.184. The van der Waals surface area contributed by atoms with Gasteiger partial charge in [-0.15, -0.1) is 23.2 Å². The summed E-state index contributed by atoms with van der Waals surface area (Å²) in [6.07, 6.45) is 2.37. The van der Waals surface area contributed by atoms with E-state index in [2.05, 4.69) is 0 Å². The molecule has 0 aliphatic carbocycles. The molecule has 9 heavy (non-hydrogen) atoms. The van der Waals surface area contributed by atoms with Crippen molar-refractivity contribution >= 4 is 23.2 Å². The summed E-state index contributed by atoms with van der Waals surface area (Å²) in [5, 5.41) is 8.91. The van der Waals surface area contributed by atoms with E-state index in [0.29, 0.717) is 11.8 Å². The summed E-state index contributed by atoms with van der Waals surface area (Å²) in [6.45, 7) is 0. The van der Waals surface area contributed by atoms with E-state index in [4.69, 9.17) is 28.3 Å². The summed E-state index contributed by atoms with van der Waals surface area (Å²) in [5.41, 5.74) is 0. The van der Waals surface area contributed by atoms with Crippen molar-refractivity contribution in [2.45, 2.75) is 25.4 Å². The third-order valence-electron chi connectivity index (χ3n) is 1.10. The maximum atomic E-state index is 8.91. The number of aliphatic hydroxyl groups excluding tert-OH is 1. The van der Waals surface area contributed by atoms with Gasteiger partial charge in [-0.2, -0.15) is 0 Å². The predicted octanol–water partition coefficient (Wildman–Crippen LogP) is 2.00. The first kappa shape index (κ1) is 9.54. The SMILES string of the molecule is OC(CCl)CCCCCl. The molecule has 0 aliphatic rings. The van der Waals surface area contributed by atoms with E-state index in [1.165, 1.54) is 0 Å². The second kappa shape index (κ2) is 6.66. The number of halogens is 2. The van der Waals surface area contributed by atoms with Crippen LogP contribution in [0.15, 0.2) is 0 Å². The standard InChI is InChI=1S/C6H12Cl2O/c7-4-2-1-3-6(9)5-8/h6,9H,1-5H2. The molecule has 0 saturated carbocycles. The van der Waals surface area contributed by atoms with Crippen LogP contribution in [0.3, 0.4) is 0 Å². The van der Waals surface area contributed by atoms with Gasteiger partial charge in [-0.1, -0.05) is 0 Å². The fraction of sp³-hybridized carbons (Fsp3) is 1.00. The Morgan fingerprint density at radius 3 is 2.33 bits per heavy atom. The first-order chi connectivity index (χ1) is 4.31. The van der Waals surface area contributed by atoms with Crippen molar-refractivity contribution in [3.63, 3.8) is 0 Å². The van der Waals surface area contributed by atoms with Gasteiger partial charge < -0.3 is 5.11 Å². The molecule has 0 amide bonds. The molecule has 1 nitrogen and oxygen atoms in total. The van der Waals surface area contributed by atoms with Crippen LogP contribution in [0.2, 0.25) is 0 Å². The summed E-state index contributed by atoms with van der Waals surface area (Å²) < 4.78 is 0. The highest BCUT2D eigenvalue weighted by Gasteiger charge is 1.99. The fourth-order valence-electron chi connectivity index (χ4n) is 0.552. The Morgan fingerprint density at radius 2 is 1.89 bits per heavy atom. The molecule has 0 rings (SSSR count). The Labute approximate surface area is 66.0 Å². The first-order valence-electron chi connectivity index (χ1n) is 3.11. The zero-order valence-corrected chi connectivity index (χ0v) is 6.83. The molecule has 0 aromatic rings. The third-order valence-corrected chi connectivity index (χ3v) is 1.72. The number of unbranched alkanes of at least 4 members (excludes halogenated alkanes) is 1. The Hall–Kier alpha value is 0.540. The van der Waals surface area contributed by atoms with Crippen LogP contribution in [0.25, 0.3) is 0 Å². The van der Waals surface area contributed by atoms with Gasteiger partial charge in [0.2, 0.25) is 0 Å². The maximum absolute atomic E-state index is 8.91. The molecular weight excluding hydrogens is 159 g/mol. The van der Waals surface area contributed by atoms with Crippen molar-refractivity contribution in [3.8, 4) is 0 Å². The molecule has 0 radical (unpaired) electrons. The molecule has 0 spiro atoms. The van der Waals surface area contributed by atoms with Gasteiger partial charge in [-0.3, -0.25) is 0 Å². The number of hydrogen-bond acceptors (Lipinski definition) is 1. The number of rotatable bonds is 5. The topological polar surface area (TPSA) is 20.2 Å². The maximum Gasteiger partial charge on any atom is 0.0675 e. The number of hydrogen-bond donors (Lipinski definition) is 1. The quantitative estimate of drug-likeness (QED) is 0.495. The van der Waals surface area contributed by atoms with Crippen molar-refractivity contribution in [2.24, 2.45) is 0 Å². The van der Waals surface area contributed by atoms with Gasteiger partial charge in [0.1, 0.15) is 0 Å². The van der Waals surface area contributed by atoms with E-state index < -0.39 is 0 Å². The molecule has 56 valence electrons. The molecule has 3 heteroatoms. The molecule has 1 atom stereocenters. The molecule has 0 aromatic heterocycles. The van der Waals surface area contributed by atoms with Crippen molar-refractivity contribution < 1.29 is 5.11 Å². The van der Waals surface area contributed by atoms with E-state index in [0.717, 1.165) is 19.3 Å². The molecule has 0 saturated heterocycles. The van der Waals surface area contributed by atoms with Crippen molar-refractivity contribution in [2.75, 3.05) is 11.8 Å². The lowest BCUT2D eigenvalue weighted by Gasteiger charge is -2.03. The van der Waals surface area contributed by atoms with Crippen LogP contribution in [0.1, 0.15) is 19.3 Å². The highest BCUT2D eigenvalue weighted by Crippen LogP contribution is 2.02. The average Bonchev–Trinajstić information content (AvgIpc) is 1.89. The molecular formula is C6H12Cl2O. The molecule has 0 bridgehead atoms. The van der Waals surface area contributed by atoms with Crippen LogP contribution in [0, 0.1) is 0 Å². The van der Waals surface area contributed by atoms with E-state index in [1.54, 1.807) is 0 Å². The van der Waals surface area contributed by atoms with E-state index in [-0.39, 0.29) is 6.10 Å². The van der Waals surface area contributed by atoms with Crippen molar-refractivity contribution in [1.29, 1.82) is 0 Å². The summed E-state index contributed by atoms with van der Waals surface area (Å²) >= 11 is 10.8. The molecule has 0 aliphatic heterocycles. The number of aliphatic hydroxyl groups is 1. The minimum absolute atomic E-state index is 0.336. The van der Waals surface area contributed by atoms with Crippen LogP contribution < -0.4 is 0 Å². The van der Waals surface area contributed by atoms with Gasteiger partial charge >= 0.3 is 0 Å². The summed E-state index contributed by atoms with van der Waals surface area (Å²) in [5.74, 6) is 1.01. The lowest BCUT2D eigenvalue weighted by atomic mass is 10.2. The third kappa shape index (κ3) is 6.42. The van der Waals surface area contributed by atoms with Crippen LogP contribution in [-0.4, -0.2) is 23.0 Å². The fourth-order valence-corrected chi connectivity index (χ4v) is 0.895. The van der Waals surface area contributed by atoms with Crippen LogP contribution in [0.4, 0.5) is 0 Å². The van der Waals surface area contributed by atoms with Crippen molar-refractivity contribution in [3.05, 3.63) is 0 Å². The predicted molar refractivity (Wildman–Crippen MR) is 41.3 cm³/mol. The van der Waals surface area contributed by atoms with Gasteiger partial charge in [0.15, 0.2) is 0 Å². The molecule has 0 aromatic carbocycles. The van der Waals surface area contributed by atoms with E-state index in [1.807, 2.05) is 0 Å². The zero-order valence-electron chi connectivity index (χ0n) is 5.32. The van der Waals surface area contributed by atoms with Crippen molar-refractivity contribution in [1.82, 2.24) is 0 Å². The average molecular weight is 171 g/mol. The molecule has 1 N–H and O–H groups in total. The Kier molecular flexibility index (Phi) is 7.06. The van der Waals surface area contributed by atoms with Gasteiger partial charge in [0.05, 0.1) is 6.10 Å². The zero-order chi connectivity index (χ0) is 7.11. The Balaban J connectivity index is 2.88. The molecule has 1 unspecified atom stereocenters. The van der Waals surface area contributed by atoms with Gasteiger partial charge in [-0.05, 0) is 19.3 Å². The second-order valence-electron chi connectivity index (χ2n) is 1.99. The molecule has 0 heterocycles. The van der Waals surface area contributed by atoms with Crippen LogP contribution >= 0.6 is 23.2 Å². The monoisotopic (exact) mass is 170 g/mol. The molecule has 0 fully saturated rings. The lowest BCUT2D eigenvalue weighted by Crippen LogP contribution is -2.07. The Morgan fingerprint density at radius 1 is 1.22 bits per heavy atom.